The van der Waals surface area contributed by atoms with E-state index < -0.39 is 11.7 Å². The van der Waals surface area contributed by atoms with Crippen molar-refractivity contribution in [3.05, 3.63) is 50.9 Å². The van der Waals surface area contributed by atoms with Crippen LogP contribution in [0.2, 0.25) is 0 Å². The molecule has 0 unspecified atom stereocenters. The highest BCUT2D eigenvalue weighted by atomic mass is 79.9. The molecule has 0 aliphatic heterocycles. The number of benzene rings is 1. The number of rotatable bonds is 3. The van der Waals surface area contributed by atoms with Crippen molar-refractivity contribution in [3.63, 3.8) is 0 Å². The topological polar surface area (TPSA) is 90.0 Å². The van der Waals surface area contributed by atoms with Crippen LogP contribution in [0.15, 0.2) is 33.8 Å². The van der Waals surface area contributed by atoms with Gasteiger partial charge in [-0.15, -0.1) is 0 Å². The van der Waals surface area contributed by atoms with Gasteiger partial charge in [0.1, 0.15) is 16.8 Å². The lowest BCUT2D eigenvalue weighted by molar-refractivity contribution is -0.116. The molecule has 0 aliphatic carbocycles. The zero-order chi connectivity index (χ0) is 15.6. The van der Waals surface area contributed by atoms with Gasteiger partial charge in [0, 0.05) is 5.69 Å². The summed E-state index contributed by atoms with van der Waals surface area (Å²) in [4.78, 5) is 27.8. The highest BCUT2D eigenvalue weighted by molar-refractivity contribution is 9.10. The standard InChI is InChI=1S/C13H12BrFN4O2/c1-7-12(14)13(21)19(6-17-7)5-11(20)18-8-2-3-9(15)10(16)4-8/h2-4,6H,5,16H2,1H3,(H,18,20). The van der Waals surface area contributed by atoms with E-state index in [2.05, 4.69) is 26.2 Å². The van der Waals surface area contributed by atoms with Crippen molar-refractivity contribution in [1.82, 2.24) is 9.55 Å². The number of aromatic nitrogens is 2. The van der Waals surface area contributed by atoms with E-state index in [4.69, 9.17) is 5.73 Å². The molecule has 0 aliphatic rings. The second-order valence-electron chi connectivity index (χ2n) is 4.36. The molecule has 6 nitrogen and oxygen atoms in total. The molecule has 2 aromatic rings. The smallest absolute Gasteiger partial charge is 0.268 e. The van der Waals surface area contributed by atoms with Gasteiger partial charge in [-0.05, 0) is 41.1 Å². The molecule has 0 atom stereocenters. The van der Waals surface area contributed by atoms with Crippen LogP contribution in [0.1, 0.15) is 5.69 Å². The molecule has 0 saturated heterocycles. The molecule has 8 heteroatoms. The summed E-state index contributed by atoms with van der Waals surface area (Å²) in [7, 11) is 0. The summed E-state index contributed by atoms with van der Waals surface area (Å²) in [6, 6.07) is 3.84. The Hall–Kier alpha value is -2.22. The molecule has 0 fully saturated rings. The number of halogens is 2. The maximum Gasteiger partial charge on any atom is 0.268 e. The largest absolute Gasteiger partial charge is 0.396 e. The van der Waals surface area contributed by atoms with Crippen LogP contribution in [0.3, 0.4) is 0 Å². The van der Waals surface area contributed by atoms with E-state index in [1.165, 1.54) is 23.0 Å². The third kappa shape index (κ3) is 3.46. The van der Waals surface area contributed by atoms with Gasteiger partial charge in [-0.1, -0.05) is 0 Å². The van der Waals surface area contributed by atoms with Gasteiger partial charge in [-0.2, -0.15) is 0 Å². The Kier molecular flexibility index (Phi) is 4.37. The van der Waals surface area contributed by atoms with Gasteiger partial charge in [0.15, 0.2) is 0 Å². The summed E-state index contributed by atoms with van der Waals surface area (Å²) in [6.07, 6.45) is 1.29. The van der Waals surface area contributed by atoms with Crippen molar-refractivity contribution < 1.29 is 9.18 Å². The number of carbonyl (C=O) groups is 1. The first-order chi connectivity index (χ1) is 9.88. The van der Waals surface area contributed by atoms with Gasteiger partial charge in [0.2, 0.25) is 5.91 Å². The van der Waals surface area contributed by atoms with E-state index in [9.17, 15) is 14.0 Å². The number of anilines is 2. The molecule has 110 valence electrons. The van der Waals surface area contributed by atoms with Crippen molar-refractivity contribution in [2.45, 2.75) is 13.5 Å². The summed E-state index contributed by atoms with van der Waals surface area (Å²) < 4.78 is 14.5. The number of nitrogens with one attached hydrogen (secondary N) is 1. The Morgan fingerprint density at radius 2 is 2.24 bits per heavy atom. The average Bonchev–Trinajstić information content (AvgIpc) is 2.44. The van der Waals surface area contributed by atoms with Crippen LogP contribution >= 0.6 is 15.9 Å². The minimum absolute atomic E-state index is 0.0651. The van der Waals surface area contributed by atoms with Gasteiger partial charge < -0.3 is 11.1 Å². The van der Waals surface area contributed by atoms with Crippen LogP contribution in [0.25, 0.3) is 0 Å². The monoisotopic (exact) mass is 354 g/mol. The number of nitrogen functional groups attached to an aromatic ring is 1. The second-order valence-corrected chi connectivity index (χ2v) is 5.15. The van der Waals surface area contributed by atoms with Crippen LogP contribution in [-0.4, -0.2) is 15.5 Å². The number of aryl methyl sites for hydroxylation is 1. The fourth-order valence-electron chi connectivity index (χ4n) is 1.64. The van der Waals surface area contributed by atoms with Crippen molar-refractivity contribution >= 4 is 33.2 Å². The molecule has 21 heavy (non-hydrogen) atoms. The van der Waals surface area contributed by atoms with Crippen molar-refractivity contribution in [1.29, 1.82) is 0 Å². The van der Waals surface area contributed by atoms with Crippen molar-refractivity contribution in [2.24, 2.45) is 0 Å². The van der Waals surface area contributed by atoms with E-state index in [0.29, 0.717) is 15.9 Å². The SMILES string of the molecule is Cc1ncn(CC(=O)Nc2ccc(F)c(N)c2)c(=O)c1Br. The van der Waals surface area contributed by atoms with Gasteiger partial charge in [0.25, 0.3) is 5.56 Å². The Morgan fingerprint density at radius 3 is 2.90 bits per heavy atom. The summed E-state index contributed by atoms with van der Waals surface area (Å²) in [6.45, 7) is 1.47. The minimum Gasteiger partial charge on any atom is -0.396 e. The van der Waals surface area contributed by atoms with Gasteiger partial charge in [-0.3, -0.25) is 14.2 Å². The molecular formula is C13H12BrFN4O2. The predicted molar refractivity (Wildman–Crippen MR) is 80.4 cm³/mol. The molecular weight excluding hydrogens is 343 g/mol. The van der Waals surface area contributed by atoms with Crippen LogP contribution in [0.4, 0.5) is 15.8 Å². The maximum absolute atomic E-state index is 13.0. The van der Waals surface area contributed by atoms with Gasteiger partial charge >= 0.3 is 0 Å². The maximum atomic E-state index is 13.0. The van der Waals surface area contributed by atoms with E-state index in [-0.39, 0.29) is 17.8 Å². The normalized spacial score (nSPS) is 10.4. The summed E-state index contributed by atoms with van der Waals surface area (Å²) >= 11 is 3.12. The third-order valence-corrected chi connectivity index (χ3v) is 3.66. The average molecular weight is 355 g/mol. The van der Waals surface area contributed by atoms with Gasteiger partial charge in [-0.25, -0.2) is 9.37 Å². The highest BCUT2D eigenvalue weighted by Gasteiger charge is 2.10. The Morgan fingerprint density at radius 1 is 1.52 bits per heavy atom. The number of nitrogens with two attached hydrogens (primary N) is 1. The first kappa shape index (κ1) is 15.2. The zero-order valence-electron chi connectivity index (χ0n) is 11.1. The first-order valence-corrected chi connectivity index (χ1v) is 6.74. The number of hydrogen-bond acceptors (Lipinski definition) is 4. The molecule has 0 radical (unpaired) electrons. The molecule has 1 heterocycles. The molecule has 0 spiro atoms. The Balaban J connectivity index is 2.14. The number of hydrogen-bond donors (Lipinski definition) is 2. The summed E-state index contributed by atoms with van der Waals surface area (Å²) in [5.41, 5.74) is 5.89. The molecule has 0 bridgehead atoms. The molecule has 2 rings (SSSR count). The van der Waals surface area contributed by atoms with E-state index in [1.54, 1.807) is 6.92 Å². The first-order valence-electron chi connectivity index (χ1n) is 5.95. The second kappa shape index (κ2) is 6.04. The molecule has 0 saturated carbocycles. The number of amides is 1. The molecule has 3 N–H and O–H groups in total. The highest BCUT2D eigenvalue weighted by Crippen LogP contribution is 2.16. The van der Waals surface area contributed by atoms with E-state index in [0.717, 1.165) is 6.07 Å². The van der Waals surface area contributed by atoms with Crippen molar-refractivity contribution in [3.8, 4) is 0 Å². The number of carbonyl (C=O) groups excluding carboxylic acids is 1. The predicted octanol–water partition coefficient (Wildman–Crippen LogP) is 1.67. The third-order valence-electron chi connectivity index (χ3n) is 2.75. The van der Waals surface area contributed by atoms with E-state index in [1.807, 2.05) is 0 Å². The lowest BCUT2D eigenvalue weighted by Crippen LogP contribution is -2.28. The fourth-order valence-corrected chi connectivity index (χ4v) is 1.97. The van der Waals surface area contributed by atoms with Gasteiger partial charge in [0.05, 0.1) is 17.7 Å². The quantitative estimate of drug-likeness (QED) is 0.820. The lowest BCUT2D eigenvalue weighted by atomic mass is 10.2. The zero-order valence-corrected chi connectivity index (χ0v) is 12.6. The van der Waals surface area contributed by atoms with Crippen LogP contribution in [0, 0.1) is 12.7 Å². The van der Waals surface area contributed by atoms with Crippen LogP contribution < -0.4 is 16.6 Å². The molecule has 1 amide bonds. The van der Waals surface area contributed by atoms with Crippen LogP contribution in [-0.2, 0) is 11.3 Å². The van der Waals surface area contributed by atoms with E-state index >= 15 is 0 Å². The molecule has 1 aromatic heterocycles. The lowest BCUT2D eigenvalue weighted by Gasteiger charge is -2.09. The minimum atomic E-state index is -0.559. The van der Waals surface area contributed by atoms with Crippen molar-refractivity contribution in [2.75, 3.05) is 11.1 Å². The van der Waals surface area contributed by atoms with Crippen LogP contribution in [0.5, 0.6) is 0 Å². The number of nitrogens with zero attached hydrogens (tertiary/aromatic N) is 2. The summed E-state index contributed by atoms with van der Waals surface area (Å²) in [5.74, 6) is -1.00. The fraction of sp³-hybridized carbons (Fsp3) is 0.154. The Bertz CT molecular complexity index is 760. The summed E-state index contributed by atoms with van der Waals surface area (Å²) in [5, 5.41) is 2.53. The Labute approximate surface area is 127 Å². The molecule has 1 aromatic carbocycles.